The molecule has 0 aliphatic rings. The fourth-order valence-electron chi connectivity index (χ4n) is 2.00. The molecule has 1 aromatic rings. The van der Waals surface area contributed by atoms with Gasteiger partial charge in [-0.15, -0.1) is 0 Å². The lowest BCUT2D eigenvalue weighted by Gasteiger charge is -2.19. The Bertz CT molecular complexity index is 406. The van der Waals surface area contributed by atoms with E-state index in [1.54, 1.807) is 0 Å². The Morgan fingerprint density at radius 3 is 2.70 bits per heavy atom. The lowest BCUT2D eigenvalue weighted by Crippen LogP contribution is -2.25. The van der Waals surface area contributed by atoms with Crippen molar-refractivity contribution in [2.45, 2.75) is 39.7 Å². The summed E-state index contributed by atoms with van der Waals surface area (Å²) in [4.78, 5) is 11.7. The number of carbonyl (C=O) groups is 1. The minimum absolute atomic E-state index is 0.0330. The highest BCUT2D eigenvalue weighted by atomic mass is 16.5. The van der Waals surface area contributed by atoms with Gasteiger partial charge in [0.25, 0.3) is 0 Å². The largest absolute Gasteiger partial charge is 0.494 e. The quantitative estimate of drug-likeness (QED) is 0.706. The van der Waals surface area contributed by atoms with Crippen LogP contribution in [0.3, 0.4) is 0 Å². The second-order valence-electron chi connectivity index (χ2n) is 4.52. The molecule has 0 aromatic heterocycles. The minimum atomic E-state index is -0.178. The van der Waals surface area contributed by atoms with Crippen molar-refractivity contribution in [3.05, 3.63) is 29.8 Å². The second kappa shape index (κ2) is 9.37. The van der Waals surface area contributed by atoms with Crippen LogP contribution in [0.25, 0.3) is 0 Å². The fourth-order valence-corrected chi connectivity index (χ4v) is 2.00. The van der Waals surface area contributed by atoms with E-state index in [0.717, 1.165) is 24.3 Å². The van der Waals surface area contributed by atoms with Crippen molar-refractivity contribution < 1.29 is 14.3 Å². The monoisotopic (exact) mass is 279 g/mol. The molecular weight excluding hydrogens is 254 g/mol. The van der Waals surface area contributed by atoms with Crippen LogP contribution in [0.1, 0.15) is 45.2 Å². The summed E-state index contributed by atoms with van der Waals surface area (Å²) in [5, 5.41) is 3.39. The van der Waals surface area contributed by atoms with Crippen molar-refractivity contribution in [2.24, 2.45) is 0 Å². The van der Waals surface area contributed by atoms with Gasteiger partial charge in [0.1, 0.15) is 5.75 Å². The number of hydrogen-bond donors (Lipinski definition) is 1. The van der Waals surface area contributed by atoms with Crippen LogP contribution >= 0.6 is 0 Å². The van der Waals surface area contributed by atoms with Crippen molar-refractivity contribution in [3.63, 3.8) is 0 Å². The van der Waals surface area contributed by atoms with Gasteiger partial charge in [0, 0.05) is 6.04 Å². The molecule has 4 heteroatoms. The summed E-state index contributed by atoms with van der Waals surface area (Å²) in [7, 11) is 0. The van der Waals surface area contributed by atoms with Crippen molar-refractivity contribution in [1.82, 2.24) is 5.32 Å². The van der Waals surface area contributed by atoms with E-state index >= 15 is 0 Å². The summed E-state index contributed by atoms with van der Waals surface area (Å²) in [5.41, 5.74) is 1.05. The molecule has 1 aromatic carbocycles. The van der Waals surface area contributed by atoms with Crippen LogP contribution in [0.15, 0.2) is 24.3 Å². The van der Waals surface area contributed by atoms with E-state index in [0.29, 0.717) is 19.6 Å². The van der Waals surface area contributed by atoms with Gasteiger partial charge < -0.3 is 14.8 Å². The molecule has 0 saturated heterocycles. The van der Waals surface area contributed by atoms with Crippen LogP contribution in [0, 0.1) is 0 Å². The normalized spacial score (nSPS) is 11.9. The standard InChI is InChI=1S/C16H25NO3/c1-4-10-17-15(12-16(18)20-6-3)13-8-7-9-14(11-13)19-5-2/h7-9,11,15,17H,4-6,10,12H2,1-3H3. The number of nitrogens with one attached hydrogen (secondary N) is 1. The first kappa shape index (κ1) is 16.5. The zero-order chi connectivity index (χ0) is 14.8. The van der Waals surface area contributed by atoms with Crippen molar-refractivity contribution in [1.29, 1.82) is 0 Å². The highest BCUT2D eigenvalue weighted by Gasteiger charge is 2.16. The van der Waals surface area contributed by atoms with E-state index < -0.39 is 0 Å². The lowest BCUT2D eigenvalue weighted by atomic mass is 10.0. The van der Waals surface area contributed by atoms with Gasteiger partial charge in [-0.05, 0) is 44.5 Å². The van der Waals surface area contributed by atoms with E-state index in [-0.39, 0.29) is 12.0 Å². The Morgan fingerprint density at radius 1 is 1.25 bits per heavy atom. The SMILES string of the molecule is CCCNC(CC(=O)OCC)c1cccc(OCC)c1. The van der Waals surface area contributed by atoms with Crippen molar-refractivity contribution in [2.75, 3.05) is 19.8 Å². The number of benzene rings is 1. The summed E-state index contributed by atoms with van der Waals surface area (Å²) in [5.74, 6) is 0.653. The van der Waals surface area contributed by atoms with Gasteiger partial charge in [-0.25, -0.2) is 0 Å². The molecule has 20 heavy (non-hydrogen) atoms. The van der Waals surface area contributed by atoms with Gasteiger partial charge in [-0.2, -0.15) is 0 Å². The Kier molecular flexibility index (Phi) is 7.73. The van der Waals surface area contributed by atoms with E-state index in [1.807, 2.05) is 38.1 Å². The molecule has 0 heterocycles. The van der Waals surface area contributed by atoms with Crippen LogP contribution in [0.5, 0.6) is 5.75 Å². The van der Waals surface area contributed by atoms with Gasteiger partial charge >= 0.3 is 5.97 Å². The Hall–Kier alpha value is -1.55. The predicted octanol–water partition coefficient (Wildman–Crippen LogP) is 3.08. The average Bonchev–Trinajstić information content (AvgIpc) is 2.44. The molecule has 0 aliphatic heterocycles. The average molecular weight is 279 g/mol. The maximum absolute atomic E-state index is 11.7. The molecule has 112 valence electrons. The third-order valence-corrected chi connectivity index (χ3v) is 2.89. The first-order valence-electron chi connectivity index (χ1n) is 7.33. The number of hydrogen-bond acceptors (Lipinski definition) is 4. The van der Waals surface area contributed by atoms with Gasteiger partial charge in [0.15, 0.2) is 0 Å². The Morgan fingerprint density at radius 2 is 2.05 bits per heavy atom. The molecule has 1 rings (SSSR count). The van der Waals surface area contributed by atoms with E-state index in [1.165, 1.54) is 0 Å². The van der Waals surface area contributed by atoms with E-state index in [2.05, 4.69) is 12.2 Å². The molecule has 0 radical (unpaired) electrons. The zero-order valence-electron chi connectivity index (χ0n) is 12.6. The third-order valence-electron chi connectivity index (χ3n) is 2.89. The summed E-state index contributed by atoms with van der Waals surface area (Å²) in [6, 6.07) is 7.83. The summed E-state index contributed by atoms with van der Waals surface area (Å²) < 4.78 is 10.6. The predicted molar refractivity (Wildman–Crippen MR) is 79.9 cm³/mol. The molecule has 4 nitrogen and oxygen atoms in total. The molecule has 1 unspecified atom stereocenters. The molecule has 0 amide bonds. The number of ether oxygens (including phenoxy) is 2. The molecule has 0 saturated carbocycles. The topological polar surface area (TPSA) is 47.6 Å². The lowest BCUT2D eigenvalue weighted by molar-refractivity contribution is -0.143. The molecular formula is C16H25NO3. The molecule has 0 aliphatic carbocycles. The maximum atomic E-state index is 11.7. The van der Waals surface area contributed by atoms with E-state index in [4.69, 9.17) is 9.47 Å². The molecule has 0 spiro atoms. The van der Waals surface area contributed by atoms with Crippen LogP contribution < -0.4 is 10.1 Å². The molecule has 0 fully saturated rings. The highest BCUT2D eigenvalue weighted by Crippen LogP contribution is 2.22. The van der Waals surface area contributed by atoms with Crippen LogP contribution in [0.2, 0.25) is 0 Å². The van der Waals surface area contributed by atoms with Crippen molar-refractivity contribution >= 4 is 5.97 Å². The second-order valence-corrected chi connectivity index (χ2v) is 4.52. The van der Waals surface area contributed by atoms with E-state index in [9.17, 15) is 4.79 Å². The first-order chi connectivity index (χ1) is 9.71. The van der Waals surface area contributed by atoms with Gasteiger partial charge in [0.2, 0.25) is 0 Å². The van der Waals surface area contributed by atoms with Crippen LogP contribution in [0.4, 0.5) is 0 Å². The van der Waals surface area contributed by atoms with Gasteiger partial charge in [-0.1, -0.05) is 19.1 Å². The summed E-state index contributed by atoms with van der Waals surface area (Å²) >= 11 is 0. The number of carbonyl (C=O) groups excluding carboxylic acids is 1. The minimum Gasteiger partial charge on any atom is -0.494 e. The summed E-state index contributed by atoms with van der Waals surface area (Å²) in [6.45, 7) is 7.79. The Balaban J connectivity index is 2.80. The fraction of sp³-hybridized carbons (Fsp3) is 0.562. The zero-order valence-corrected chi connectivity index (χ0v) is 12.6. The van der Waals surface area contributed by atoms with Crippen LogP contribution in [-0.2, 0) is 9.53 Å². The smallest absolute Gasteiger partial charge is 0.307 e. The van der Waals surface area contributed by atoms with Crippen molar-refractivity contribution in [3.8, 4) is 5.75 Å². The van der Waals surface area contributed by atoms with Crippen LogP contribution in [-0.4, -0.2) is 25.7 Å². The maximum Gasteiger partial charge on any atom is 0.307 e. The first-order valence-corrected chi connectivity index (χ1v) is 7.33. The molecule has 1 atom stereocenters. The third kappa shape index (κ3) is 5.61. The highest BCUT2D eigenvalue weighted by molar-refractivity contribution is 5.70. The molecule has 1 N–H and O–H groups in total. The Labute approximate surface area is 121 Å². The number of esters is 1. The molecule has 0 bridgehead atoms. The number of rotatable bonds is 9. The van der Waals surface area contributed by atoms with Gasteiger partial charge in [-0.3, -0.25) is 4.79 Å². The van der Waals surface area contributed by atoms with Gasteiger partial charge in [0.05, 0.1) is 19.6 Å². The summed E-state index contributed by atoms with van der Waals surface area (Å²) in [6.07, 6.45) is 1.36.